The fourth-order valence-corrected chi connectivity index (χ4v) is 4.37. The van der Waals surface area contributed by atoms with Gasteiger partial charge in [-0.1, -0.05) is 17.7 Å². The van der Waals surface area contributed by atoms with Crippen molar-refractivity contribution in [3.05, 3.63) is 35.5 Å². The summed E-state index contributed by atoms with van der Waals surface area (Å²) in [5, 5.41) is 8.04. The molecule has 0 atom stereocenters. The molecule has 0 aromatic carbocycles. The first-order chi connectivity index (χ1) is 14.5. The number of allylic oxidation sites excluding steroid dienone is 2. The van der Waals surface area contributed by atoms with E-state index >= 15 is 0 Å². The van der Waals surface area contributed by atoms with E-state index in [2.05, 4.69) is 22.5 Å². The second kappa shape index (κ2) is 8.70. The lowest BCUT2D eigenvalue weighted by atomic mass is 10.0. The summed E-state index contributed by atoms with van der Waals surface area (Å²) in [7, 11) is 2.34. The number of piperidine rings is 1. The quantitative estimate of drug-likeness (QED) is 0.434. The molecule has 1 aliphatic carbocycles. The third kappa shape index (κ3) is 4.47. The van der Waals surface area contributed by atoms with Gasteiger partial charge in [0.25, 0.3) is 0 Å². The van der Waals surface area contributed by atoms with E-state index in [1.54, 1.807) is 4.52 Å². The molecule has 4 rings (SSSR count). The third-order valence-electron chi connectivity index (χ3n) is 5.95. The zero-order chi connectivity index (χ0) is 21.1. The Morgan fingerprint density at radius 2 is 2.00 bits per heavy atom. The fourth-order valence-electron chi connectivity index (χ4n) is 4.20. The van der Waals surface area contributed by atoms with Crippen molar-refractivity contribution < 1.29 is 14.1 Å². The Hall–Kier alpha value is -2.51. The molecule has 0 saturated carbocycles. The molecule has 1 fully saturated rings. The topological polar surface area (TPSA) is 75.8 Å². The number of nitrogens with zero attached hydrogens (tertiary/aromatic N) is 4. The largest absolute Gasteiger partial charge is 0.367 e. The van der Waals surface area contributed by atoms with E-state index in [1.807, 2.05) is 24.4 Å². The highest BCUT2D eigenvalue weighted by Gasteiger charge is 2.25. The summed E-state index contributed by atoms with van der Waals surface area (Å²) in [5.41, 5.74) is 1.57. The van der Waals surface area contributed by atoms with Crippen LogP contribution in [0.3, 0.4) is 0 Å². The van der Waals surface area contributed by atoms with Crippen LogP contribution >= 0.6 is 11.6 Å². The Bertz CT molecular complexity index is 1030. The zero-order valence-electron chi connectivity index (χ0n) is 17.2. The number of aliphatic imine (C=N–C) groups is 1. The van der Waals surface area contributed by atoms with Crippen LogP contribution < -0.4 is 5.32 Å². The summed E-state index contributed by atoms with van der Waals surface area (Å²) in [4.78, 5) is 28.5. The molecule has 1 aliphatic heterocycles. The molecule has 3 heterocycles. The summed E-state index contributed by atoms with van der Waals surface area (Å²) < 4.78 is 2.87. The fraction of sp³-hybridized carbons (Fsp3) is 0.455. The first-order valence-electron chi connectivity index (χ1n) is 10.5. The first kappa shape index (κ1) is 20.8. The van der Waals surface area contributed by atoms with Crippen LogP contribution in [-0.2, 0) is 9.59 Å². The van der Waals surface area contributed by atoms with Crippen LogP contribution in [-0.4, -0.2) is 64.6 Å². The number of halogens is 1. The number of hydrogen-bond acceptors (Lipinski definition) is 5. The number of hydrogen-bond donors (Lipinski definition) is 1. The molecule has 8 heteroatoms. The third-order valence-corrected chi connectivity index (χ3v) is 6.27. The first-order valence-corrected chi connectivity index (χ1v) is 10.9. The Morgan fingerprint density at radius 1 is 1.20 bits per heavy atom. The number of rotatable bonds is 6. The van der Waals surface area contributed by atoms with E-state index in [9.17, 15) is 9.59 Å². The number of quaternary nitrogens is 1. The van der Waals surface area contributed by atoms with Gasteiger partial charge < -0.3 is 9.80 Å². The Kier molecular flexibility index (Phi) is 6.01. The van der Waals surface area contributed by atoms with Crippen LogP contribution in [0.25, 0.3) is 5.52 Å². The van der Waals surface area contributed by atoms with Gasteiger partial charge in [0.05, 0.1) is 43.7 Å². The zero-order valence-corrected chi connectivity index (χ0v) is 18.0. The molecule has 158 valence electrons. The van der Waals surface area contributed by atoms with Crippen LogP contribution in [0.4, 0.5) is 11.5 Å². The van der Waals surface area contributed by atoms with Gasteiger partial charge >= 0.3 is 0 Å². The summed E-state index contributed by atoms with van der Waals surface area (Å²) in [6.07, 6.45) is 7.95. The number of nitrogens with one attached hydrogen (secondary N) is 1. The van der Waals surface area contributed by atoms with Crippen molar-refractivity contribution in [1.29, 1.82) is 0 Å². The van der Waals surface area contributed by atoms with Gasteiger partial charge in [-0.15, -0.1) is 5.10 Å². The molecule has 2 aliphatic rings. The number of anilines is 1. The van der Waals surface area contributed by atoms with Crippen molar-refractivity contribution in [1.82, 2.24) is 9.61 Å². The van der Waals surface area contributed by atoms with Gasteiger partial charge in [-0.2, -0.15) is 0 Å². The smallest absolute Gasteiger partial charge is 0.189 e. The predicted molar refractivity (Wildman–Crippen MR) is 119 cm³/mol. The number of carbonyl (C=O) groups excluding carboxylic acids is 2. The normalized spacial score (nSPS) is 20.6. The van der Waals surface area contributed by atoms with Crippen LogP contribution in [0.2, 0.25) is 0 Å². The minimum Gasteiger partial charge on any atom is -0.367 e. The van der Waals surface area contributed by atoms with Gasteiger partial charge in [-0.3, -0.25) is 9.59 Å². The van der Waals surface area contributed by atoms with Crippen LogP contribution in [0.5, 0.6) is 0 Å². The Labute approximate surface area is 181 Å². The minimum atomic E-state index is -0.367. The molecule has 1 saturated heterocycles. The molecule has 0 bridgehead atoms. The standard InChI is InChI=1S/C22H27ClN5O2/c1-28(11-5-2-6-12-28)13-7-9-24-22-21(18-8-3-4-10-27(18)26-22)25-17-14-16(23)19(29)15-20(17)30/h3-4,8,10,14H,2,5-7,9,11-13,15H2,1H3,(H,24,26)/q+1. The average molecular weight is 429 g/mol. The molecule has 7 nitrogen and oxygen atoms in total. The Morgan fingerprint density at radius 3 is 2.80 bits per heavy atom. The van der Waals surface area contributed by atoms with Crippen molar-refractivity contribution in [3.8, 4) is 0 Å². The maximum Gasteiger partial charge on any atom is 0.189 e. The van der Waals surface area contributed by atoms with Crippen LogP contribution in [0, 0.1) is 0 Å². The second-order valence-corrected chi connectivity index (χ2v) is 8.78. The lowest BCUT2D eigenvalue weighted by molar-refractivity contribution is -0.914. The minimum absolute atomic E-state index is 0.0397. The van der Waals surface area contributed by atoms with Crippen molar-refractivity contribution in [2.75, 3.05) is 38.5 Å². The number of Topliss-reactive ketones (excluding diaryl/α,β-unsaturated/α-hetero) is 2. The molecule has 0 radical (unpaired) electrons. The molecule has 1 N–H and O–H groups in total. The van der Waals surface area contributed by atoms with Crippen molar-refractivity contribution in [2.24, 2.45) is 4.99 Å². The number of aromatic nitrogens is 2. The lowest BCUT2D eigenvalue weighted by Crippen LogP contribution is -2.48. The monoisotopic (exact) mass is 428 g/mol. The number of fused-ring (bicyclic) bond motifs is 1. The molecule has 30 heavy (non-hydrogen) atoms. The summed E-state index contributed by atoms with van der Waals surface area (Å²) in [5.74, 6) is -0.0643. The molecular formula is C22H27ClN5O2+. The van der Waals surface area contributed by atoms with Gasteiger partial charge in [0.1, 0.15) is 11.4 Å². The molecular weight excluding hydrogens is 402 g/mol. The maximum atomic E-state index is 12.3. The van der Waals surface area contributed by atoms with Gasteiger partial charge in [-0.25, -0.2) is 9.51 Å². The predicted octanol–water partition coefficient (Wildman–Crippen LogP) is 3.50. The van der Waals surface area contributed by atoms with Crippen LogP contribution in [0.1, 0.15) is 32.1 Å². The van der Waals surface area contributed by atoms with Gasteiger partial charge in [0.2, 0.25) is 0 Å². The van der Waals surface area contributed by atoms with E-state index in [1.165, 1.54) is 38.4 Å². The van der Waals surface area contributed by atoms with E-state index in [0.29, 0.717) is 11.5 Å². The Balaban J connectivity index is 1.54. The molecule has 2 aromatic heterocycles. The van der Waals surface area contributed by atoms with Crippen molar-refractivity contribution >= 4 is 45.9 Å². The van der Waals surface area contributed by atoms with E-state index in [0.717, 1.165) is 29.5 Å². The number of ketones is 2. The summed E-state index contributed by atoms with van der Waals surface area (Å²) >= 11 is 5.95. The number of pyridine rings is 1. The summed E-state index contributed by atoms with van der Waals surface area (Å²) in [6, 6.07) is 5.70. The average Bonchev–Trinajstić information content (AvgIpc) is 3.07. The number of likely N-dealkylation sites (tertiary alicyclic amines) is 1. The van der Waals surface area contributed by atoms with Crippen molar-refractivity contribution in [2.45, 2.75) is 32.1 Å². The van der Waals surface area contributed by atoms with Gasteiger partial charge in [0, 0.05) is 19.2 Å². The molecule has 0 amide bonds. The van der Waals surface area contributed by atoms with E-state index in [4.69, 9.17) is 11.6 Å². The van der Waals surface area contributed by atoms with Gasteiger partial charge in [-0.05, 0) is 37.5 Å². The highest BCUT2D eigenvalue weighted by molar-refractivity contribution is 6.57. The maximum absolute atomic E-state index is 12.3. The lowest BCUT2D eigenvalue weighted by Gasteiger charge is -2.37. The van der Waals surface area contributed by atoms with E-state index < -0.39 is 0 Å². The summed E-state index contributed by atoms with van der Waals surface area (Å²) in [6.45, 7) is 4.41. The SMILES string of the molecule is C[N+]1(CCCNc2nn3ccccc3c2N=C2C=C(Cl)C(=O)CC2=O)CCCCC1. The van der Waals surface area contributed by atoms with Crippen molar-refractivity contribution in [3.63, 3.8) is 0 Å². The number of carbonyl (C=O) groups is 2. The molecule has 2 aromatic rings. The second-order valence-electron chi connectivity index (χ2n) is 8.37. The highest BCUT2D eigenvalue weighted by Crippen LogP contribution is 2.31. The van der Waals surface area contributed by atoms with Gasteiger partial charge in [0.15, 0.2) is 17.4 Å². The van der Waals surface area contributed by atoms with Crippen LogP contribution in [0.15, 0.2) is 40.5 Å². The van der Waals surface area contributed by atoms with E-state index in [-0.39, 0.29) is 28.7 Å². The molecule has 0 unspecified atom stereocenters. The molecule has 0 spiro atoms. The highest BCUT2D eigenvalue weighted by atomic mass is 35.5.